The van der Waals surface area contributed by atoms with Gasteiger partial charge in [0.15, 0.2) is 15.8 Å². The second-order valence-corrected chi connectivity index (χ2v) is 7.93. The fourth-order valence-electron chi connectivity index (χ4n) is 2.62. The monoisotopic (exact) mass is 339 g/mol. The summed E-state index contributed by atoms with van der Waals surface area (Å²) in [6, 6.07) is 8.01. The number of benzene rings is 1. The topological polar surface area (TPSA) is 79.8 Å². The van der Waals surface area contributed by atoms with E-state index in [1.54, 1.807) is 14.2 Å². The lowest BCUT2D eigenvalue weighted by Crippen LogP contribution is -2.44. The van der Waals surface area contributed by atoms with E-state index in [1.165, 1.54) is 5.56 Å². The molecule has 0 amide bonds. The Balaban J connectivity index is 1.71. The fourth-order valence-corrected chi connectivity index (χ4v) is 4.30. The molecule has 2 N–H and O–H groups in total. The maximum absolute atomic E-state index is 11.5. The van der Waals surface area contributed by atoms with Crippen LogP contribution in [0.25, 0.3) is 0 Å². The molecule has 1 unspecified atom stereocenters. The Morgan fingerprint density at radius 2 is 2.26 bits per heavy atom. The summed E-state index contributed by atoms with van der Waals surface area (Å²) < 4.78 is 28.2. The Morgan fingerprint density at radius 3 is 2.91 bits per heavy atom. The van der Waals surface area contributed by atoms with Crippen molar-refractivity contribution < 1.29 is 13.2 Å². The minimum absolute atomic E-state index is 0.0374. The van der Waals surface area contributed by atoms with Crippen LogP contribution in [0.15, 0.2) is 29.3 Å². The van der Waals surface area contributed by atoms with Crippen molar-refractivity contribution in [1.82, 2.24) is 10.6 Å². The lowest BCUT2D eigenvalue weighted by atomic mass is 10.1. The lowest BCUT2D eigenvalue weighted by molar-refractivity contribution is 0.414. The Labute approximate surface area is 138 Å². The van der Waals surface area contributed by atoms with Crippen molar-refractivity contribution in [3.05, 3.63) is 29.8 Å². The van der Waals surface area contributed by atoms with Crippen LogP contribution in [0, 0.1) is 0 Å². The number of nitrogens with one attached hydrogen (secondary N) is 2. The van der Waals surface area contributed by atoms with Crippen LogP contribution in [0.1, 0.15) is 18.4 Å². The van der Waals surface area contributed by atoms with Crippen molar-refractivity contribution in [3.8, 4) is 5.75 Å². The SMILES string of the molecule is CN=C(NCCCc1cccc(OC)c1)NC1CCS(=O)(=O)C1. The molecule has 1 saturated heterocycles. The standard InChI is InChI=1S/C16H25N3O3S/c1-17-16(19-14-8-10-23(20,21)12-14)18-9-4-6-13-5-3-7-15(11-13)22-2/h3,5,7,11,14H,4,6,8-10,12H2,1-2H3,(H2,17,18,19). The van der Waals surface area contributed by atoms with E-state index < -0.39 is 9.84 Å². The third-order valence-electron chi connectivity index (χ3n) is 3.87. The van der Waals surface area contributed by atoms with Gasteiger partial charge in [-0.1, -0.05) is 12.1 Å². The zero-order valence-corrected chi connectivity index (χ0v) is 14.5. The molecule has 1 atom stereocenters. The molecule has 2 rings (SSSR count). The van der Waals surface area contributed by atoms with Crippen LogP contribution in [-0.2, 0) is 16.3 Å². The smallest absolute Gasteiger partial charge is 0.191 e. The molecule has 0 spiro atoms. The van der Waals surface area contributed by atoms with Gasteiger partial charge in [-0.2, -0.15) is 0 Å². The van der Waals surface area contributed by atoms with Crippen molar-refractivity contribution >= 4 is 15.8 Å². The molecule has 1 aromatic rings. The molecule has 1 fully saturated rings. The maximum Gasteiger partial charge on any atom is 0.191 e. The van der Waals surface area contributed by atoms with Crippen LogP contribution >= 0.6 is 0 Å². The summed E-state index contributed by atoms with van der Waals surface area (Å²) in [7, 11) is 0.487. The quantitative estimate of drug-likeness (QED) is 0.459. The highest BCUT2D eigenvalue weighted by Crippen LogP contribution is 2.13. The molecule has 128 valence electrons. The largest absolute Gasteiger partial charge is 0.497 e. The first kappa shape index (κ1) is 17.6. The first-order chi connectivity index (χ1) is 11.0. The zero-order valence-electron chi connectivity index (χ0n) is 13.7. The van der Waals surface area contributed by atoms with Gasteiger partial charge in [-0.3, -0.25) is 4.99 Å². The Kier molecular flexibility index (Phi) is 6.27. The number of sulfone groups is 1. The summed E-state index contributed by atoms with van der Waals surface area (Å²) in [4.78, 5) is 4.15. The van der Waals surface area contributed by atoms with Crippen molar-refractivity contribution in [2.75, 3.05) is 32.2 Å². The van der Waals surface area contributed by atoms with Gasteiger partial charge in [0.2, 0.25) is 0 Å². The number of ether oxygens (including phenoxy) is 1. The van der Waals surface area contributed by atoms with Gasteiger partial charge < -0.3 is 15.4 Å². The van der Waals surface area contributed by atoms with E-state index in [0.717, 1.165) is 25.1 Å². The van der Waals surface area contributed by atoms with Gasteiger partial charge in [0, 0.05) is 19.6 Å². The van der Waals surface area contributed by atoms with E-state index in [1.807, 2.05) is 18.2 Å². The average Bonchev–Trinajstić information content (AvgIpc) is 2.89. The minimum Gasteiger partial charge on any atom is -0.497 e. The summed E-state index contributed by atoms with van der Waals surface area (Å²) in [6.07, 6.45) is 2.54. The highest BCUT2D eigenvalue weighted by Gasteiger charge is 2.28. The Morgan fingerprint density at radius 1 is 1.43 bits per heavy atom. The van der Waals surface area contributed by atoms with Gasteiger partial charge >= 0.3 is 0 Å². The Bertz CT molecular complexity index is 644. The molecular weight excluding hydrogens is 314 g/mol. The first-order valence-corrected chi connectivity index (χ1v) is 9.65. The van der Waals surface area contributed by atoms with E-state index in [9.17, 15) is 8.42 Å². The van der Waals surface area contributed by atoms with Crippen molar-refractivity contribution in [2.24, 2.45) is 4.99 Å². The number of nitrogens with zero attached hydrogens (tertiary/aromatic N) is 1. The number of hydrogen-bond donors (Lipinski definition) is 2. The molecule has 0 bridgehead atoms. The van der Waals surface area contributed by atoms with E-state index in [2.05, 4.69) is 21.7 Å². The second kappa shape index (κ2) is 8.19. The van der Waals surface area contributed by atoms with Crippen molar-refractivity contribution in [1.29, 1.82) is 0 Å². The third-order valence-corrected chi connectivity index (χ3v) is 5.63. The van der Waals surface area contributed by atoms with Crippen LogP contribution in [0.2, 0.25) is 0 Å². The summed E-state index contributed by atoms with van der Waals surface area (Å²) in [5.41, 5.74) is 1.23. The second-order valence-electron chi connectivity index (χ2n) is 5.70. The maximum atomic E-state index is 11.5. The number of methoxy groups -OCH3 is 1. The lowest BCUT2D eigenvalue weighted by Gasteiger charge is -2.16. The molecule has 7 heteroatoms. The normalized spacial score (nSPS) is 20.3. The van der Waals surface area contributed by atoms with Gasteiger partial charge in [0.05, 0.1) is 18.6 Å². The minimum atomic E-state index is -2.87. The van der Waals surface area contributed by atoms with Crippen LogP contribution in [0.3, 0.4) is 0 Å². The summed E-state index contributed by atoms with van der Waals surface area (Å²) in [5.74, 6) is 1.99. The number of rotatable bonds is 6. The molecule has 1 aliphatic rings. The van der Waals surface area contributed by atoms with E-state index in [4.69, 9.17) is 4.74 Å². The average molecular weight is 339 g/mol. The molecule has 1 heterocycles. The van der Waals surface area contributed by atoms with Gasteiger partial charge in [-0.05, 0) is 37.0 Å². The zero-order chi connectivity index (χ0) is 16.7. The predicted molar refractivity (Wildman–Crippen MR) is 92.9 cm³/mol. The molecular formula is C16H25N3O3S. The summed E-state index contributed by atoms with van der Waals surface area (Å²) in [6.45, 7) is 0.774. The highest BCUT2D eigenvalue weighted by molar-refractivity contribution is 7.91. The van der Waals surface area contributed by atoms with Crippen LogP contribution in [0.4, 0.5) is 0 Å². The molecule has 0 saturated carbocycles. The predicted octanol–water partition coefficient (Wildman–Crippen LogP) is 0.980. The highest BCUT2D eigenvalue weighted by atomic mass is 32.2. The molecule has 0 aliphatic carbocycles. The van der Waals surface area contributed by atoms with Crippen LogP contribution < -0.4 is 15.4 Å². The summed E-state index contributed by atoms with van der Waals surface area (Å²) >= 11 is 0. The third kappa shape index (κ3) is 5.74. The van der Waals surface area contributed by atoms with Crippen LogP contribution in [-0.4, -0.2) is 52.6 Å². The van der Waals surface area contributed by atoms with Gasteiger partial charge in [-0.15, -0.1) is 0 Å². The number of aryl methyl sites for hydroxylation is 1. The van der Waals surface area contributed by atoms with Crippen molar-refractivity contribution in [3.63, 3.8) is 0 Å². The van der Waals surface area contributed by atoms with E-state index >= 15 is 0 Å². The first-order valence-electron chi connectivity index (χ1n) is 7.83. The number of guanidine groups is 1. The van der Waals surface area contributed by atoms with Gasteiger partial charge in [0.25, 0.3) is 0 Å². The number of aliphatic imine (C=N–C) groups is 1. The molecule has 1 aromatic carbocycles. The molecule has 23 heavy (non-hydrogen) atoms. The van der Waals surface area contributed by atoms with E-state index in [-0.39, 0.29) is 17.5 Å². The molecule has 1 aliphatic heterocycles. The summed E-state index contributed by atoms with van der Waals surface area (Å²) in [5, 5.41) is 6.41. The molecule has 0 radical (unpaired) electrons. The Hall–Kier alpha value is -1.76. The van der Waals surface area contributed by atoms with Gasteiger partial charge in [-0.25, -0.2) is 8.42 Å². The molecule has 0 aromatic heterocycles. The van der Waals surface area contributed by atoms with Crippen molar-refractivity contribution in [2.45, 2.75) is 25.3 Å². The molecule has 6 nitrogen and oxygen atoms in total. The van der Waals surface area contributed by atoms with Gasteiger partial charge in [0.1, 0.15) is 5.75 Å². The van der Waals surface area contributed by atoms with E-state index in [0.29, 0.717) is 12.4 Å². The van der Waals surface area contributed by atoms with Crippen LogP contribution in [0.5, 0.6) is 5.75 Å². The number of hydrogen-bond acceptors (Lipinski definition) is 4. The fraction of sp³-hybridized carbons (Fsp3) is 0.562.